The van der Waals surface area contributed by atoms with Crippen LogP contribution in [0.25, 0.3) is 0 Å². The van der Waals surface area contributed by atoms with Gasteiger partial charge in [-0.05, 0) is 27.2 Å². The average Bonchev–Trinajstić information content (AvgIpc) is 2.16. The summed E-state index contributed by atoms with van der Waals surface area (Å²) in [5.41, 5.74) is 4.59. The molecule has 5 nitrogen and oxygen atoms in total. The molecule has 3 N–H and O–H groups in total. The molecule has 0 saturated carbocycles. The highest BCUT2D eigenvalue weighted by molar-refractivity contribution is 5.77. The Balaban J connectivity index is 2.51. The van der Waals surface area contributed by atoms with Crippen molar-refractivity contribution >= 4 is 5.97 Å². The molecule has 5 heteroatoms. The number of carbonyl (C=O) groups is 1. The van der Waals surface area contributed by atoms with Gasteiger partial charge in [0.05, 0.1) is 12.7 Å². The quantitative estimate of drug-likeness (QED) is 0.726. The number of aliphatic carboxylic acids is 1. The summed E-state index contributed by atoms with van der Waals surface area (Å²) in [6, 6.07) is 0.164. The van der Waals surface area contributed by atoms with E-state index >= 15 is 0 Å². The van der Waals surface area contributed by atoms with Crippen LogP contribution in [0.4, 0.5) is 0 Å². The van der Waals surface area contributed by atoms with E-state index in [4.69, 9.17) is 15.6 Å². The summed E-state index contributed by atoms with van der Waals surface area (Å²) < 4.78 is 5.45. The molecule has 0 spiro atoms. The maximum atomic E-state index is 10.9. The molecular formula is C11H22N2O3. The van der Waals surface area contributed by atoms with Crippen molar-refractivity contribution < 1.29 is 14.6 Å². The maximum Gasteiger partial charge on any atom is 0.323 e. The van der Waals surface area contributed by atoms with Gasteiger partial charge in [0, 0.05) is 19.1 Å². The second-order valence-electron chi connectivity index (χ2n) is 4.95. The second-order valence-corrected chi connectivity index (χ2v) is 4.95. The van der Waals surface area contributed by atoms with Crippen molar-refractivity contribution in [2.45, 2.75) is 44.9 Å². The minimum absolute atomic E-state index is 0.164. The van der Waals surface area contributed by atoms with Crippen LogP contribution in [0.2, 0.25) is 0 Å². The molecule has 1 heterocycles. The van der Waals surface area contributed by atoms with Gasteiger partial charge < -0.3 is 15.6 Å². The zero-order valence-corrected chi connectivity index (χ0v) is 10.3. The monoisotopic (exact) mass is 230 g/mol. The fourth-order valence-electron chi connectivity index (χ4n) is 2.08. The molecule has 0 aromatic heterocycles. The number of nitrogens with two attached hydrogens (primary N) is 1. The van der Waals surface area contributed by atoms with Gasteiger partial charge >= 0.3 is 5.97 Å². The molecule has 16 heavy (non-hydrogen) atoms. The van der Waals surface area contributed by atoms with Crippen molar-refractivity contribution in [1.82, 2.24) is 4.90 Å². The Hall–Kier alpha value is -0.650. The van der Waals surface area contributed by atoms with Crippen molar-refractivity contribution in [1.29, 1.82) is 0 Å². The topological polar surface area (TPSA) is 75.8 Å². The predicted octanol–water partition coefficient (Wildman–Crippen LogP) is 0.288. The van der Waals surface area contributed by atoms with Crippen LogP contribution in [-0.2, 0) is 9.53 Å². The number of morpholine rings is 1. The standard InChI is InChI=1S/C11H22N2O3/c1-8(6-11(3,12)10(14)15)13-4-5-16-9(2)7-13/h8-9H,4-7,12H2,1-3H3,(H,14,15). The molecule has 0 aromatic rings. The fraction of sp³-hybridized carbons (Fsp3) is 0.909. The first-order valence-corrected chi connectivity index (χ1v) is 5.71. The third kappa shape index (κ3) is 3.43. The molecule has 0 aliphatic carbocycles. The number of ether oxygens (including phenoxy) is 1. The number of carboxylic acids is 1. The summed E-state index contributed by atoms with van der Waals surface area (Å²) >= 11 is 0. The summed E-state index contributed by atoms with van der Waals surface area (Å²) in [7, 11) is 0. The Bertz CT molecular complexity index is 256. The number of hydrogen-bond donors (Lipinski definition) is 2. The van der Waals surface area contributed by atoms with Gasteiger partial charge in [-0.25, -0.2) is 0 Å². The third-order valence-electron chi connectivity index (χ3n) is 3.10. The minimum atomic E-state index is -1.15. The molecule has 1 aliphatic rings. The van der Waals surface area contributed by atoms with Crippen LogP contribution in [0.5, 0.6) is 0 Å². The van der Waals surface area contributed by atoms with E-state index < -0.39 is 11.5 Å². The molecule has 0 aromatic carbocycles. The van der Waals surface area contributed by atoms with E-state index in [1.54, 1.807) is 6.92 Å². The molecule has 1 fully saturated rings. The van der Waals surface area contributed by atoms with Gasteiger partial charge in [-0.3, -0.25) is 9.69 Å². The molecule has 0 bridgehead atoms. The van der Waals surface area contributed by atoms with Crippen molar-refractivity contribution in [3.05, 3.63) is 0 Å². The number of rotatable bonds is 4. The van der Waals surface area contributed by atoms with E-state index in [1.165, 1.54) is 0 Å². The van der Waals surface area contributed by atoms with Gasteiger partial charge in [0.25, 0.3) is 0 Å². The largest absolute Gasteiger partial charge is 0.480 e. The van der Waals surface area contributed by atoms with E-state index in [0.29, 0.717) is 13.0 Å². The highest BCUT2D eigenvalue weighted by Gasteiger charge is 2.33. The van der Waals surface area contributed by atoms with Crippen LogP contribution in [0.15, 0.2) is 0 Å². The zero-order valence-electron chi connectivity index (χ0n) is 10.3. The molecule has 0 amide bonds. The zero-order chi connectivity index (χ0) is 12.3. The van der Waals surface area contributed by atoms with E-state index in [0.717, 1.165) is 13.1 Å². The Morgan fingerprint density at radius 2 is 2.38 bits per heavy atom. The molecule has 94 valence electrons. The summed E-state index contributed by atoms with van der Waals surface area (Å²) in [6.07, 6.45) is 0.666. The van der Waals surface area contributed by atoms with Gasteiger partial charge in [0.15, 0.2) is 0 Å². The van der Waals surface area contributed by atoms with Gasteiger partial charge in [0.1, 0.15) is 5.54 Å². The van der Waals surface area contributed by atoms with E-state index in [1.807, 2.05) is 13.8 Å². The Labute approximate surface area is 96.6 Å². The Kier molecular flexibility index (Phi) is 4.29. The first kappa shape index (κ1) is 13.4. The minimum Gasteiger partial charge on any atom is -0.480 e. The van der Waals surface area contributed by atoms with Gasteiger partial charge in [-0.15, -0.1) is 0 Å². The highest BCUT2D eigenvalue weighted by Crippen LogP contribution is 2.17. The van der Waals surface area contributed by atoms with Crippen LogP contribution in [0.3, 0.4) is 0 Å². The lowest BCUT2D eigenvalue weighted by Crippen LogP contribution is -2.53. The van der Waals surface area contributed by atoms with Crippen molar-refractivity contribution in [2.24, 2.45) is 5.73 Å². The van der Waals surface area contributed by atoms with Gasteiger partial charge in [-0.1, -0.05) is 0 Å². The summed E-state index contributed by atoms with van der Waals surface area (Å²) in [5.74, 6) is -0.944. The SMILES string of the molecule is CC1CN(C(C)CC(C)(N)C(=O)O)CCO1. The highest BCUT2D eigenvalue weighted by atomic mass is 16.5. The number of nitrogens with zero attached hydrogens (tertiary/aromatic N) is 1. The molecule has 1 saturated heterocycles. The van der Waals surface area contributed by atoms with Crippen LogP contribution in [0.1, 0.15) is 27.2 Å². The maximum absolute atomic E-state index is 10.9. The molecular weight excluding hydrogens is 208 g/mol. The van der Waals surface area contributed by atoms with Gasteiger partial charge in [-0.2, -0.15) is 0 Å². The first-order valence-electron chi connectivity index (χ1n) is 5.71. The summed E-state index contributed by atoms with van der Waals surface area (Å²) in [5, 5.41) is 8.97. The predicted molar refractivity (Wildman–Crippen MR) is 61.3 cm³/mol. The van der Waals surface area contributed by atoms with Gasteiger partial charge in [0.2, 0.25) is 0 Å². The van der Waals surface area contributed by atoms with Crippen molar-refractivity contribution in [2.75, 3.05) is 19.7 Å². The fourth-order valence-corrected chi connectivity index (χ4v) is 2.08. The normalized spacial score (nSPS) is 28.4. The molecule has 3 atom stereocenters. The smallest absolute Gasteiger partial charge is 0.323 e. The number of carboxylic acid groups (broad SMARTS) is 1. The van der Waals surface area contributed by atoms with Crippen LogP contribution in [0, 0.1) is 0 Å². The number of hydrogen-bond acceptors (Lipinski definition) is 4. The Morgan fingerprint density at radius 3 is 2.88 bits per heavy atom. The lowest BCUT2D eigenvalue weighted by Gasteiger charge is -2.37. The summed E-state index contributed by atoms with van der Waals surface area (Å²) in [6.45, 7) is 8.01. The van der Waals surface area contributed by atoms with Crippen molar-refractivity contribution in [3.63, 3.8) is 0 Å². The van der Waals surface area contributed by atoms with Crippen molar-refractivity contribution in [3.8, 4) is 0 Å². The summed E-state index contributed by atoms with van der Waals surface area (Å²) in [4.78, 5) is 13.2. The van der Waals surface area contributed by atoms with E-state index in [9.17, 15) is 4.79 Å². The first-order chi connectivity index (χ1) is 7.33. The molecule has 1 aliphatic heterocycles. The molecule has 3 unspecified atom stereocenters. The lowest BCUT2D eigenvalue weighted by molar-refractivity contribution is -0.143. The molecule has 0 radical (unpaired) electrons. The lowest BCUT2D eigenvalue weighted by atomic mass is 9.94. The van der Waals surface area contributed by atoms with Crippen LogP contribution in [-0.4, -0.2) is 53.4 Å². The average molecular weight is 230 g/mol. The van der Waals surface area contributed by atoms with Crippen LogP contribution >= 0.6 is 0 Å². The van der Waals surface area contributed by atoms with E-state index in [-0.39, 0.29) is 12.1 Å². The second kappa shape index (κ2) is 5.12. The third-order valence-corrected chi connectivity index (χ3v) is 3.10. The Morgan fingerprint density at radius 1 is 1.75 bits per heavy atom. The molecule has 1 rings (SSSR count). The van der Waals surface area contributed by atoms with E-state index in [2.05, 4.69) is 4.90 Å². The van der Waals surface area contributed by atoms with Crippen LogP contribution < -0.4 is 5.73 Å².